The van der Waals surface area contributed by atoms with Crippen molar-refractivity contribution >= 4 is 0 Å². The van der Waals surface area contributed by atoms with Crippen molar-refractivity contribution in [1.29, 1.82) is 0 Å². The van der Waals surface area contributed by atoms with Crippen LogP contribution in [0.15, 0.2) is 12.4 Å². The minimum absolute atomic E-state index is 0.0189. The van der Waals surface area contributed by atoms with Gasteiger partial charge in [-0.25, -0.2) is 4.98 Å². The SMILES string of the molecule is COc1nccnc1C1(O)CCOC(C)C1. The quantitative estimate of drug-likeness (QED) is 0.807. The zero-order chi connectivity index (χ0) is 11.6. The number of aliphatic hydroxyl groups is 1. The van der Waals surface area contributed by atoms with Gasteiger partial charge in [-0.1, -0.05) is 0 Å². The first kappa shape index (κ1) is 11.3. The number of nitrogens with zero attached hydrogens (tertiary/aromatic N) is 2. The third-order valence-electron chi connectivity index (χ3n) is 2.84. The molecule has 2 heterocycles. The molecule has 1 aliphatic heterocycles. The van der Waals surface area contributed by atoms with Gasteiger partial charge in [-0.3, -0.25) is 4.98 Å². The number of methoxy groups -OCH3 is 1. The second-order valence-electron chi connectivity index (χ2n) is 4.08. The molecule has 0 amide bonds. The van der Waals surface area contributed by atoms with Gasteiger partial charge in [0.1, 0.15) is 11.3 Å². The van der Waals surface area contributed by atoms with Crippen LogP contribution in [0.4, 0.5) is 0 Å². The van der Waals surface area contributed by atoms with Crippen LogP contribution in [-0.4, -0.2) is 34.9 Å². The Bertz CT molecular complexity index is 372. The molecule has 1 fully saturated rings. The van der Waals surface area contributed by atoms with Gasteiger partial charge in [-0.2, -0.15) is 0 Å². The third kappa shape index (κ3) is 2.01. The maximum absolute atomic E-state index is 10.6. The molecule has 2 rings (SSSR count). The summed E-state index contributed by atoms with van der Waals surface area (Å²) in [5.74, 6) is 0.388. The molecule has 1 aromatic heterocycles. The van der Waals surface area contributed by atoms with Gasteiger partial charge in [0.15, 0.2) is 0 Å². The average molecular weight is 224 g/mol. The van der Waals surface area contributed by atoms with Crippen LogP contribution >= 0.6 is 0 Å². The molecular weight excluding hydrogens is 208 g/mol. The average Bonchev–Trinajstić information content (AvgIpc) is 2.29. The maximum atomic E-state index is 10.6. The number of hydrogen-bond donors (Lipinski definition) is 1. The molecule has 1 N–H and O–H groups in total. The smallest absolute Gasteiger partial charge is 0.238 e. The maximum Gasteiger partial charge on any atom is 0.238 e. The van der Waals surface area contributed by atoms with E-state index in [1.807, 2.05) is 6.92 Å². The Morgan fingerprint density at radius 3 is 2.94 bits per heavy atom. The summed E-state index contributed by atoms with van der Waals surface area (Å²) in [6, 6.07) is 0. The highest BCUT2D eigenvalue weighted by atomic mass is 16.5. The molecule has 2 atom stereocenters. The first-order chi connectivity index (χ1) is 7.65. The van der Waals surface area contributed by atoms with Crippen LogP contribution in [-0.2, 0) is 10.3 Å². The molecule has 0 bridgehead atoms. The van der Waals surface area contributed by atoms with Crippen molar-refractivity contribution in [2.75, 3.05) is 13.7 Å². The Hall–Kier alpha value is -1.20. The fraction of sp³-hybridized carbons (Fsp3) is 0.636. The van der Waals surface area contributed by atoms with Gasteiger partial charge < -0.3 is 14.6 Å². The Balaban J connectivity index is 2.34. The Labute approximate surface area is 94.4 Å². The van der Waals surface area contributed by atoms with E-state index < -0.39 is 5.60 Å². The van der Waals surface area contributed by atoms with E-state index in [4.69, 9.17) is 9.47 Å². The van der Waals surface area contributed by atoms with Gasteiger partial charge >= 0.3 is 0 Å². The van der Waals surface area contributed by atoms with Gasteiger partial charge in [0, 0.05) is 25.2 Å². The molecule has 2 unspecified atom stereocenters. The molecule has 0 aliphatic carbocycles. The van der Waals surface area contributed by atoms with E-state index in [0.29, 0.717) is 31.0 Å². The summed E-state index contributed by atoms with van der Waals surface area (Å²) < 4.78 is 10.5. The Kier molecular flexibility index (Phi) is 3.07. The highest BCUT2D eigenvalue weighted by Crippen LogP contribution is 2.36. The fourth-order valence-corrected chi connectivity index (χ4v) is 2.07. The van der Waals surface area contributed by atoms with Crippen molar-refractivity contribution in [3.63, 3.8) is 0 Å². The van der Waals surface area contributed by atoms with Gasteiger partial charge in [0.25, 0.3) is 0 Å². The van der Waals surface area contributed by atoms with Gasteiger partial charge in [0.05, 0.1) is 19.8 Å². The van der Waals surface area contributed by atoms with Crippen LogP contribution in [0, 0.1) is 0 Å². The van der Waals surface area contributed by atoms with Crippen molar-refractivity contribution in [2.24, 2.45) is 0 Å². The lowest BCUT2D eigenvalue weighted by Crippen LogP contribution is -2.38. The summed E-state index contributed by atoms with van der Waals surface area (Å²) in [7, 11) is 1.53. The van der Waals surface area contributed by atoms with Gasteiger partial charge in [-0.05, 0) is 6.92 Å². The molecule has 1 aliphatic rings. The molecule has 5 heteroatoms. The predicted molar refractivity (Wildman–Crippen MR) is 57.1 cm³/mol. The van der Waals surface area contributed by atoms with E-state index in [1.165, 1.54) is 7.11 Å². The molecule has 1 saturated heterocycles. The molecular formula is C11H16N2O3. The highest BCUT2D eigenvalue weighted by molar-refractivity contribution is 5.25. The van der Waals surface area contributed by atoms with Gasteiger partial charge in [-0.15, -0.1) is 0 Å². The summed E-state index contributed by atoms with van der Waals surface area (Å²) in [6.45, 7) is 2.46. The summed E-state index contributed by atoms with van der Waals surface area (Å²) in [5.41, 5.74) is -0.482. The molecule has 0 aromatic carbocycles. The first-order valence-electron chi connectivity index (χ1n) is 5.35. The van der Waals surface area contributed by atoms with E-state index >= 15 is 0 Å². The lowest BCUT2D eigenvalue weighted by molar-refractivity contribution is -0.104. The van der Waals surface area contributed by atoms with Crippen molar-refractivity contribution < 1.29 is 14.6 Å². The van der Waals surface area contributed by atoms with Crippen LogP contribution in [0.2, 0.25) is 0 Å². The second-order valence-corrected chi connectivity index (χ2v) is 4.08. The minimum Gasteiger partial charge on any atom is -0.480 e. The summed E-state index contributed by atoms with van der Waals surface area (Å²) in [5, 5.41) is 10.6. The van der Waals surface area contributed by atoms with Crippen LogP contribution in [0.25, 0.3) is 0 Å². The fourth-order valence-electron chi connectivity index (χ4n) is 2.07. The Morgan fingerprint density at radius 1 is 1.50 bits per heavy atom. The molecule has 16 heavy (non-hydrogen) atoms. The van der Waals surface area contributed by atoms with E-state index in [-0.39, 0.29) is 6.10 Å². The van der Waals surface area contributed by atoms with Crippen molar-refractivity contribution in [3.05, 3.63) is 18.1 Å². The summed E-state index contributed by atoms with van der Waals surface area (Å²) >= 11 is 0. The van der Waals surface area contributed by atoms with E-state index in [1.54, 1.807) is 12.4 Å². The number of aromatic nitrogens is 2. The van der Waals surface area contributed by atoms with Gasteiger partial charge in [0.2, 0.25) is 5.88 Å². The van der Waals surface area contributed by atoms with Crippen LogP contribution in [0.1, 0.15) is 25.5 Å². The van der Waals surface area contributed by atoms with E-state index in [9.17, 15) is 5.11 Å². The topological polar surface area (TPSA) is 64.5 Å². The Morgan fingerprint density at radius 2 is 2.25 bits per heavy atom. The van der Waals surface area contributed by atoms with Crippen LogP contribution in [0.5, 0.6) is 5.88 Å². The van der Waals surface area contributed by atoms with E-state index in [2.05, 4.69) is 9.97 Å². The minimum atomic E-state index is -0.989. The lowest BCUT2D eigenvalue weighted by atomic mass is 9.87. The largest absolute Gasteiger partial charge is 0.480 e. The zero-order valence-electron chi connectivity index (χ0n) is 9.51. The molecule has 88 valence electrons. The van der Waals surface area contributed by atoms with Crippen LogP contribution in [0.3, 0.4) is 0 Å². The molecule has 5 nitrogen and oxygen atoms in total. The number of ether oxygens (including phenoxy) is 2. The first-order valence-corrected chi connectivity index (χ1v) is 5.35. The van der Waals surface area contributed by atoms with Crippen LogP contribution < -0.4 is 4.74 Å². The number of hydrogen-bond acceptors (Lipinski definition) is 5. The van der Waals surface area contributed by atoms with Crippen molar-refractivity contribution in [1.82, 2.24) is 9.97 Å². The molecule has 0 saturated carbocycles. The molecule has 0 spiro atoms. The monoisotopic (exact) mass is 224 g/mol. The van der Waals surface area contributed by atoms with Crippen molar-refractivity contribution in [3.8, 4) is 5.88 Å². The molecule has 0 radical (unpaired) electrons. The normalized spacial score (nSPS) is 30.1. The predicted octanol–water partition coefficient (Wildman–Crippen LogP) is 0.872. The van der Waals surface area contributed by atoms with E-state index in [0.717, 1.165) is 0 Å². The molecule has 1 aromatic rings. The number of rotatable bonds is 2. The van der Waals surface area contributed by atoms with Crippen molar-refractivity contribution in [2.45, 2.75) is 31.5 Å². The summed E-state index contributed by atoms with van der Waals surface area (Å²) in [4.78, 5) is 8.24. The standard InChI is InChI=1S/C11H16N2O3/c1-8-7-11(14,3-6-16-8)9-10(15-2)13-5-4-12-9/h4-5,8,14H,3,6-7H2,1-2H3. The zero-order valence-corrected chi connectivity index (χ0v) is 9.51. The highest BCUT2D eigenvalue weighted by Gasteiger charge is 2.39. The third-order valence-corrected chi connectivity index (χ3v) is 2.84. The second kappa shape index (κ2) is 4.35. The lowest BCUT2D eigenvalue weighted by Gasteiger charge is -2.35. The summed E-state index contributed by atoms with van der Waals surface area (Å²) in [6.07, 6.45) is 4.17.